The van der Waals surface area contributed by atoms with Crippen molar-refractivity contribution >= 4 is 5.91 Å². The van der Waals surface area contributed by atoms with Gasteiger partial charge in [0.2, 0.25) is 0 Å². The summed E-state index contributed by atoms with van der Waals surface area (Å²) in [5.74, 6) is -0.0821. The highest BCUT2D eigenvalue weighted by molar-refractivity contribution is 5.92. The van der Waals surface area contributed by atoms with Gasteiger partial charge in [-0.05, 0) is 26.2 Å². The second kappa shape index (κ2) is 5.85. The van der Waals surface area contributed by atoms with Crippen LogP contribution in [-0.2, 0) is 9.47 Å². The van der Waals surface area contributed by atoms with Gasteiger partial charge in [0.25, 0.3) is 5.91 Å². The van der Waals surface area contributed by atoms with Crippen molar-refractivity contribution in [2.45, 2.75) is 38.5 Å². The monoisotopic (exact) mass is 277 g/mol. The number of nitrogens with zero attached hydrogens (tertiary/aromatic N) is 3. The highest BCUT2D eigenvalue weighted by Crippen LogP contribution is 2.25. The maximum absolute atomic E-state index is 12.6. The van der Waals surface area contributed by atoms with Crippen LogP contribution in [0, 0.1) is 6.92 Å². The van der Waals surface area contributed by atoms with E-state index < -0.39 is 0 Å². The first-order chi connectivity index (χ1) is 9.75. The lowest BCUT2D eigenvalue weighted by Gasteiger charge is -2.37. The lowest BCUT2D eigenvalue weighted by molar-refractivity contribution is -0.100. The number of rotatable bonds is 2. The molecule has 0 aliphatic carbocycles. The van der Waals surface area contributed by atoms with E-state index in [-0.39, 0.29) is 18.2 Å². The molecule has 3 heterocycles. The molecule has 20 heavy (non-hydrogen) atoms. The summed E-state index contributed by atoms with van der Waals surface area (Å²) < 4.78 is 11.2. The second-order valence-corrected chi connectivity index (χ2v) is 5.21. The van der Waals surface area contributed by atoms with Crippen LogP contribution >= 0.6 is 0 Å². The van der Waals surface area contributed by atoms with Crippen LogP contribution in [0.5, 0.6) is 0 Å². The SMILES string of the molecule is Cc1cnc(C(=O)N2CCCC[C@H]2C2OCCO2)cn1. The van der Waals surface area contributed by atoms with Crippen LogP contribution < -0.4 is 0 Å². The van der Waals surface area contributed by atoms with Crippen LogP contribution in [0.4, 0.5) is 0 Å². The third-order valence-electron chi connectivity index (χ3n) is 3.77. The standard InChI is InChI=1S/C14H19N3O3/c1-10-8-16-11(9-15-10)13(18)17-5-3-2-4-12(17)14-19-6-7-20-14/h8-9,12,14H,2-7H2,1H3/t12-/m0/s1. The maximum Gasteiger partial charge on any atom is 0.274 e. The van der Waals surface area contributed by atoms with E-state index in [9.17, 15) is 4.79 Å². The van der Waals surface area contributed by atoms with Crippen molar-refractivity contribution in [1.82, 2.24) is 14.9 Å². The van der Waals surface area contributed by atoms with Crippen LogP contribution in [0.25, 0.3) is 0 Å². The first-order valence-corrected chi connectivity index (χ1v) is 7.08. The Morgan fingerprint density at radius 3 is 2.75 bits per heavy atom. The molecule has 0 bridgehead atoms. The maximum atomic E-state index is 12.6. The molecule has 6 nitrogen and oxygen atoms in total. The van der Waals surface area contributed by atoms with E-state index in [1.165, 1.54) is 0 Å². The first-order valence-electron chi connectivity index (χ1n) is 7.08. The zero-order valence-electron chi connectivity index (χ0n) is 11.6. The summed E-state index contributed by atoms with van der Waals surface area (Å²) in [4.78, 5) is 22.7. The molecule has 6 heteroatoms. The fourth-order valence-electron chi connectivity index (χ4n) is 2.74. The zero-order valence-corrected chi connectivity index (χ0v) is 11.6. The predicted octanol–water partition coefficient (Wildman–Crippen LogP) is 1.15. The average Bonchev–Trinajstić information content (AvgIpc) is 3.01. The highest BCUT2D eigenvalue weighted by atomic mass is 16.7. The van der Waals surface area contributed by atoms with Crippen molar-refractivity contribution in [1.29, 1.82) is 0 Å². The van der Waals surface area contributed by atoms with Crippen molar-refractivity contribution in [3.63, 3.8) is 0 Å². The molecule has 1 aromatic heterocycles. The number of likely N-dealkylation sites (tertiary alicyclic amines) is 1. The third-order valence-corrected chi connectivity index (χ3v) is 3.77. The predicted molar refractivity (Wildman–Crippen MR) is 71.1 cm³/mol. The van der Waals surface area contributed by atoms with Crippen LogP contribution in [0.2, 0.25) is 0 Å². The Bertz CT molecular complexity index is 471. The van der Waals surface area contributed by atoms with E-state index in [0.29, 0.717) is 18.9 Å². The van der Waals surface area contributed by atoms with E-state index in [2.05, 4.69) is 9.97 Å². The minimum atomic E-state index is -0.294. The van der Waals surface area contributed by atoms with Gasteiger partial charge in [0.05, 0.1) is 31.1 Å². The van der Waals surface area contributed by atoms with E-state index in [1.54, 1.807) is 12.4 Å². The second-order valence-electron chi connectivity index (χ2n) is 5.21. The Balaban J connectivity index is 1.78. The number of aromatic nitrogens is 2. The lowest BCUT2D eigenvalue weighted by Crippen LogP contribution is -2.50. The first kappa shape index (κ1) is 13.5. The van der Waals surface area contributed by atoms with Gasteiger partial charge in [0, 0.05) is 12.7 Å². The van der Waals surface area contributed by atoms with Crippen LogP contribution in [-0.4, -0.2) is 52.9 Å². The van der Waals surface area contributed by atoms with Crippen LogP contribution in [0.1, 0.15) is 35.4 Å². The van der Waals surface area contributed by atoms with Gasteiger partial charge >= 0.3 is 0 Å². The lowest BCUT2D eigenvalue weighted by atomic mass is 10.0. The molecule has 2 fully saturated rings. The number of carbonyl (C=O) groups excluding carboxylic acids is 1. The van der Waals surface area contributed by atoms with Crippen molar-refractivity contribution in [2.75, 3.05) is 19.8 Å². The van der Waals surface area contributed by atoms with E-state index in [4.69, 9.17) is 9.47 Å². The molecule has 0 N–H and O–H groups in total. The number of hydrogen-bond donors (Lipinski definition) is 0. The normalized spacial score (nSPS) is 24.1. The molecule has 0 unspecified atom stereocenters. The molecule has 1 atom stereocenters. The van der Waals surface area contributed by atoms with Gasteiger partial charge in [-0.3, -0.25) is 9.78 Å². The molecular formula is C14H19N3O3. The van der Waals surface area contributed by atoms with E-state index >= 15 is 0 Å². The fraction of sp³-hybridized carbons (Fsp3) is 0.643. The van der Waals surface area contributed by atoms with Crippen LogP contribution in [0.3, 0.4) is 0 Å². The van der Waals surface area contributed by atoms with Crippen molar-refractivity contribution < 1.29 is 14.3 Å². The number of carbonyl (C=O) groups is 1. The van der Waals surface area contributed by atoms with Crippen molar-refractivity contribution in [3.05, 3.63) is 23.8 Å². The zero-order chi connectivity index (χ0) is 13.9. The number of ether oxygens (including phenoxy) is 2. The number of piperidine rings is 1. The Labute approximate surface area is 118 Å². The molecule has 0 radical (unpaired) electrons. The Morgan fingerprint density at radius 1 is 1.25 bits per heavy atom. The Morgan fingerprint density at radius 2 is 2.05 bits per heavy atom. The summed E-state index contributed by atoms with van der Waals surface area (Å²) in [6.45, 7) is 3.79. The summed E-state index contributed by atoms with van der Waals surface area (Å²) in [7, 11) is 0. The fourth-order valence-corrected chi connectivity index (χ4v) is 2.74. The largest absolute Gasteiger partial charge is 0.348 e. The Kier molecular flexibility index (Phi) is 3.93. The van der Waals surface area contributed by atoms with Gasteiger partial charge in [-0.1, -0.05) is 0 Å². The van der Waals surface area contributed by atoms with Gasteiger partial charge in [-0.15, -0.1) is 0 Å². The summed E-state index contributed by atoms with van der Waals surface area (Å²) in [6.07, 6.45) is 5.88. The minimum Gasteiger partial charge on any atom is -0.348 e. The summed E-state index contributed by atoms with van der Waals surface area (Å²) in [5.41, 5.74) is 1.19. The molecule has 0 aromatic carbocycles. The summed E-state index contributed by atoms with van der Waals surface area (Å²) >= 11 is 0. The van der Waals surface area contributed by atoms with Gasteiger partial charge < -0.3 is 14.4 Å². The Hall–Kier alpha value is -1.53. The molecule has 2 saturated heterocycles. The summed E-state index contributed by atoms with van der Waals surface area (Å²) in [6, 6.07) is -0.0122. The van der Waals surface area contributed by atoms with Gasteiger partial charge in [0.1, 0.15) is 5.69 Å². The molecule has 2 aliphatic heterocycles. The molecular weight excluding hydrogens is 258 g/mol. The minimum absolute atomic E-state index is 0.0122. The highest BCUT2D eigenvalue weighted by Gasteiger charge is 2.36. The molecule has 1 aromatic rings. The number of aryl methyl sites for hydroxylation is 1. The topological polar surface area (TPSA) is 64.6 Å². The summed E-state index contributed by atoms with van der Waals surface area (Å²) in [5, 5.41) is 0. The molecule has 0 saturated carbocycles. The molecule has 1 amide bonds. The number of hydrogen-bond acceptors (Lipinski definition) is 5. The van der Waals surface area contributed by atoms with Crippen LogP contribution in [0.15, 0.2) is 12.4 Å². The average molecular weight is 277 g/mol. The number of amides is 1. The van der Waals surface area contributed by atoms with Crippen molar-refractivity contribution in [3.8, 4) is 0 Å². The smallest absolute Gasteiger partial charge is 0.274 e. The molecule has 108 valence electrons. The van der Waals surface area contributed by atoms with Gasteiger partial charge in [-0.25, -0.2) is 4.98 Å². The van der Waals surface area contributed by atoms with Gasteiger partial charge in [0.15, 0.2) is 6.29 Å². The van der Waals surface area contributed by atoms with E-state index in [1.807, 2.05) is 11.8 Å². The quantitative estimate of drug-likeness (QED) is 0.811. The van der Waals surface area contributed by atoms with Crippen molar-refractivity contribution in [2.24, 2.45) is 0 Å². The molecule has 3 rings (SSSR count). The molecule has 2 aliphatic rings. The third kappa shape index (κ3) is 2.66. The van der Waals surface area contributed by atoms with Gasteiger partial charge in [-0.2, -0.15) is 0 Å². The molecule has 0 spiro atoms. The van der Waals surface area contributed by atoms with E-state index in [0.717, 1.165) is 31.5 Å².